The fraction of sp³-hybridized carbons (Fsp3) is 0.235. The molecular weight excluding hydrogens is 289 g/mol. The van der Waals surface area contributed by atoms with Gasteiger partial charge in [0.1, 0.15) is 5.82 Å². The van der Waals surface area contributed by atoms with Crippen molar-refractivity contribution in [2.75, 3.05) is 0 Å². The summed E-state index contributed by atoms with van der Waals surface area (Å²) >= 11 is 5.94. The molecule has 0 saturated carbocycles. The van der Waals surface area contributed by atoms with Crippen LogP contribution in [-0.2, 0) is 6.42 Å². The predicted molar refractivity (Wildman–Crippen MR) is 81.0 cm³/mol. The molecule has 0 bridgehead atoms. The second-order valence-electron chi connectivity index (χ2n) is 5.24. The molecule has 1 amide bonds. The van der Waals surface area contributed by atoms with Crippen LogP contribution in [0.2, 0.25) is 5.02 Å². The number of hydrogen-bond donors (Lipinski definition) is 1. The minimum absolute atomic E-state index is 0.0106. The Bertz CT molecular complexity index is 686. The first-order valence-electron chi connectivity index (χ1n) is 6.99. The van der Waals surface area contributed by atoms with Gasteiger partial charge in [0, 0.05) is 0 Å². The molecule has 1 atom stereocenters. The maximum Gasteiger partial charge on any atom is 0.253 e. The molecule has 1 aliphatic carbocycles. The fourth-order valence-corrected chi connectivity index (χ4v) is 3.07. The van der Waals surface area contributed by atoms with Gasteiger partial charge < -0.3 is 5.32 Å². The molecule has 2 aromatic rings. The maximum atomic E-state index is 13.1. The second-order valence-corrected chi connectivity index (χ2v) is 5.65. The SMILES string of the molecule is O=C(N[C@@H]1CCCc2ccccc21)c1ccc(F)cc1Cl. The van der Waals surface area contributed by atoms with E-state index in [1.165, 1.54) is 17.7 Å². The minimum Gasteiger partial charge on any atom is -0.345 e. The molecule has 1 N–H and O–H groups in total. The molecule has 108 valence electrons. The van der Waals surface area contributed by atoms with Crippen LogP contribution in [0.5, 0.6) is 0 Å². The Morgan fingerprint density at radius 3 is 2.86 bits per heavy atom. The van der Waals surface area contributed by atoms with E-state index < -0.39 is 5.82 Å². The summed E-state index contributed by atoms with van der Waals surface area (Å²) in [5, 5.41) is 3.14. The zero-order valence-electron chi connectivity index (χ0n) is 11.4. The highest BCUT2D eigenvalue weighted by Gasteiger charge is 2.22. The molecular formula is C17H15ClFNO. The fourth-order valence-electron chi connectivity index (χ4n) is 2.81. The van der Waals surface area contributed by atoms with E-state index in [2.05, 4.69) is 11.4 Å². The van der Waals surface area contributed by atoms with Crippen molar-refractivity contribution < 1.29 is 9.18 Å². The van der Waals surface area contributed by atoms with Crippen molar-refractivity contribution in [2.24, 2.45) is 0 Å². The van der Waals surface area contributed by atoms with Gasteiger partial charge in [0.25, 0.3) is 5.91 Å². The third-order valence-corrected chi connectivity index (χ3v) is 4.16. The number of carbonyl (C=O) groups is 1. The van der Waals surface area contributed by atoms with Crippen LogP contribution in [0, 0.1) is 5.82 Å². The van der Waals surface area contributed by atoms with Gasteiger partial charge in [0.05, 0.1) is 16.6 Å². The Morgan fingerprint density at radius 2 is 2.05 bits per heavy atom. The summed E-state index contributed by atoms with van der Waals surface area (Å²) in [6.07, 6.45) is 2.99. The quantitative estimate of drug-likeness (QED) is 0.881. The molecule has 2 aromatic carbocycles. The molecule has 0 fully saturated rings. The lowest BCUT2D eigenvalue weighted by Crippen LogP contribution is -2.31. The van der Waals surface area contributed by atoms with E-state index in [-0.39, 0.29) is 17.0 Å². The lowest BCUT2D eigenvalue weighted by atomic mass is 9.87. The Labute approximate surface area is 127 Å². The van der Waals surface area contributed by atoms with E-state index in [0.29, 0.717) is 5.56 Å². The number of benzene rings is 2. The van der Waals surface area contributed by atoms with Crippen molar-refractivity contribution in [2.45, 2.75) is 25.3 Å². The van der Waals surface area contributed by atoms with Crippen LogP contribution in [0.1, 0.15) is 40.4 Å². The topological polar surface area (TPSA) is 29.1 Å². The highest BCUT2D eigenvalue weighted by molar-refractivity contribution is 6.33. The van der Waals surface area contributed by atoms with E-state index in [0.717, 1.165) is 30.9 Å². The van der Waals surface area contributed by atoms with Crippen LogP contribution in [0.25, 0.3) is 0 Å². The van der Waals surface area contributed by atoms with E-state index >= 15 is 0 Å². The van der Waals surface area contributed by atoms with Crippen molar-refractivity contribution in [3.05, 3.63) is 70.0 Å². The van der Waals surface area contributed by atoms with Crippen LogP contribution in [-0.4, -0.2) is 5.91 Å². The predicted octanol–water partition coefficient (Wildman–Crippen LogP) is 4.29. The van der Waals surface area contributed by atoms with Gasteiger partial charge >= 0.3 is 0 Å². The molecule has 4 heteroatoms. The Kier molecular flexibility index (Phi) is 3.93. The van der Waals surface area contributed by atoms with Crippen LogP contribution in [0.4, 0.5) is 4.39 Å². The van der Waals surface area contributed by atoms with E-state index in [4.69, 9.17) is 11.6 Å². The maximum absolute atomic E-state index is 13.1. The average molecular weight is 304 g/mol. The van der Waals surface area contributed by atoms with E-state index in [1.54, 1.807) is 0 Å². The van der Waals surface area contributed by atoms with Gasteiger partial charge in [-0.05, 0) is 48.6 Å². The third kappa shape index (κ3) is 2.93. The summed E-state index contributed by atoms with van der Waals surface area (Å²) in [6, 6.07) is 11.9. The van der Waals surface area contributed by atoms with Crippen molar-refractivity contribution in [1.82, 2.24) is 5.32 Å². The molecule has 21 heavy (non-hydrogen) atoms. The van der Waals surface area contributed by atoms with Gasteiger partial charge in [-0.2, -0.15) is 0 Å². The molecule has 0 spiro atoms. The van der Waals surface area contributed by atoms with Gasteiger partial charge in [0.2, 0.25) is 0 Å². The van der Waals surface area contributed by atoms with Crippen LogP contribution >= 0.6 is 11.6 Å². The Balaban J connectivity index is 1.83. The lowest BCUT2D eigenvalue weighted by molar-refractivity contribution is 0.0933. The summed E-state index contributed by atoms with van der Waals surface area (Å²) in [5.41, 5.74) is 2.75. The Hall–Kier alpha value is -1.87. The highest BCUT2D eigenvalue weighted by Crippen LogP contribution is 2.30. The van der Waals surface area contributed by atoms with Crippen molar-refractivity contribution >= 4 is 17.5 Å². The number of fused-ring (bicyclic) bond motifs is 1. The zero-order valence-corrected chi connectivity index (χ0v) is 12.2. The number of aryl methyl sites for hydroxylation is 1. The zero-order chi connectivity index (χ0) is 14.8. The summed E-state index contributed by atoms with van der Waals surface area (Å²) in [4.78, 5) is 12.3. The molecule has 0 radical (unpaired) electrons. The average Bonchev–Trinajstić information content (AvgIpc) is 2.47. The molecule has 0 heterocycles. The number of nitrogens with one attached hydrogen (secondary N) is 1. The van der Waals surface area contributed by atoms with Crippen molar-refractivity contribution in [1.29, 1.82) is 0 Å². The number of halogens is 2. The van der Waals surface area contributed by atoms with Crippen molar-refractivity contribution in [3.8, 4) is 0 Å². The van der Waals surface area contributed by atoms with Gasteiger partial charge in [-0.25, -0.2) is 4.39 Å². The number of carbonyl (C=O) groups excluding carboxylic acids is 1. The molecule has 0 unspecified atom stereocenters. The summed E-state index contributed by atoms with van der Waals surface area (Å²) in [6.45, 7) is 0. The second kappa shape index (κ2) is 5.86. The monoisotopic (exact) mass is 303 g/mol. The normalized spacial score (nSPS) is 17.1. The molecule has 0 aliphatic heterocycles. The van der Waals surface area contributed by atoms with Crippen LogP contribution in [0.15, 0.2) is 42.5 Å². The lowest BCUT2D eigenvalue weighted by Gasteiger charge is -2.26. The van der Waals surface area contributed by atoms with Crippen LogP contribution < -0.4 is 5.32 Å². The number of amides is 1. The number of rotatable bonds is 2. The molecule has 3 rings (SSSR count). The minimum atomic E-state index is -0.445. The molecule has 2 nitrogen and oxygen atoms in total. The van der Waals surface area contributed by atoms with Gasteiger partial charge in [-0.3, -0.25) is 4.79 Å². The first-order valence-corrected chi connectivity index (χ1v) is 7.36. The first-order chi connectivity index (χ1) is 10.1. The van der Waals surface area contributed by atoms with E-state index in [9.17, 15) is 9.18 Å². The molecule has 0 aromatic heterocycles. The highest BCUT2D eigenvalue weighted by atomic mass is 35.5. The number of hydrogen-bond acceptors (Lipinski definition) is 1. The largest absolute Gasteiger partial charge is 0.345 e. The summed E-state index contributed by atoms with van der Waals surface area (Å²) in [5.74, 6) is -0.707. The van der Waals surface area contributed by atoms with Crippen molar-refractivity contribution in [3.63, 3.8) is 0 Å². The van der Waals surface area contributed by atoms with Gasteiger partial charge in [0.15, 0.2) is 0 Å². The van der Waals surface area contributed by atoms with E-state index in [1.807, 2.05) is 18.2 Å². The van der Waals surface area contributed by atoms with Gasteiger partial charge in [-0.15, -0.1) is 0 Å². The van der Waals surface area contributed by atoms with Crippen LogP contribution in [0.3, 0.4) is 0 Å². The first kappa shape index (κ1) is 14.1. The molecule has 0 saturated heterocycles. The smallest absolute Gasteiger partial charge is 0.253 e. The summed E-state index contributed by atoms with van der Waals surface area (Å²) in [7, 11) is 0. The molecule has 1 aliphatic rings. The standard InChI is InChI=1S/C17H15ClFNO/c18-15-10-12(19)8-9-14(15)17(21)20-16-7-3-5-11-4-1-2-6-13(11)16/h1-2,4,6,8-10,16H,3,5,7H2,(H,20,21)/t16-/m1/s1. The Morgan fingerprint density at radius 1 is 1.24 bits per heavy atom. The summed E-state index contributed by atoms with van der Waals surface area (Å²) < 4.78 is 13.1. The van der Waals surface area contributed by atoms with Gasteiger partial charge in [-0.1, -0.05) is 35.9 Å². The third-order valence-electron chi connectivity index (χ3n) is 3.85.